The van der Waals surface area contributed by atoms with Crippen LogP contribution in [0.4, 0.5) is 4.79 Å². The highest BCUT2D eigenvalue weighted by Crippen LogP contribution is 2.18. The van der Waals surface area contributed by atoms with Crippen LogP contribution in [0.5, 0.6) is 0 Å². The summed E-state index contributed by atoms with van der Waals surface area (Å²) in [5.41, 5.74) is 4.61. The van der Waals surface area contributed by atoms with Gasteiger partial charge in [0, 0.05) is 19.6 Å². The van der Waals surface area contributed by atoms with Crippen LogP contribution in [0.2, 0.25) is 0 Å². The van der Waals surface area contributed by atoms with Crippen molar-refractivity contribution in [2.75, 3.05) is 33.8 Å². The molecule has 0 saturated carbocycles. The molecular weight excluding hydrogens is 338 g/mol. The maximum atomic E-state index is 12.7. The molecule has 5 nitrogen and oxygen atoms in total. The van der Waals surface area contributed by atoms with E-state index >= 15 is 0 Å². The SMILES string of the molecule is Cc1ccc([C@H](CNC(=O)N(CCO)Cc2ccccc2C)N(C)C)cc1. The van der Waals surface area contributed by atoms with Gasteiger partial charge in [0.05, 0.1) is 12.6 Å². The third-order valence-electron chi connectivity index (χ3n) is 4.81. The van der Waals surface area contributed by atoms with E-state index in [0.717, 1.165) is 11.1 Å². The van der Waals surface area contributed by atoms with Crippen LogP contribution in [0.25, 0.3) is 0 Å². The number of nitrogens with one attached hydrogen (secondary N) is 1. The summed E-state index contributed by atoms with van der Waals surface area (Å²) in [6, 6.07) is 16.3. The second kappa shape index (κ2) is 10.1. The van der Waals surface area contributed by atoms with Crippen LogP contribution < -0.4 is 5.32 Å². The predicted molar refractivity (Wildman–Crippen MR) is 110 cm³/mol. The predicted octanol–water partition coefficient (Wildman–Crippen LogP) is 3.11. The summed E-state index contributed by atoms with van der Waals surface area (Å²) in [4.78, 5) is 16.5. The molecule has 0 unspecified atom stereocenters. The summed E-state index contributed by atoms with van der Waals surface area (Å²) >= 11 is 0. The average molecular weight is 370 g/mol. The molecular formula is C22H31N3O2. The van der Waals surface area contributed by atoms with Crippen LogP contribution >= 0.6 is 0 Å². The Morgan fingerprint density at radius 2 is 1.74 bits per heavy atom. The molecule has 0 saturated heterocycles. The minimum Gasteiger partial charge on any atom is -0.395 e. The van der Waals surface area contributed by atoms with Crippen molar-refractivity contribution in [3.63, 3.8) is 0 Å². The first-order chi connectivity index (χ1) is 12.9. The van der Waals surface area contributed by atoms with E-state index in [1.54, 1.807) is 4.90 Å². The van der Waals surface area contributed by atoms with E-state index in [0.29, 0.717) is 19.6 Å². The van der Waals surface area contributed by atoms with Gasteiger partial charge in [-0.15, -0.1) is 0 Å². The van der Waals surface area contributed by atoms with Crippen LogP contribution in [-0.4, -0.2) is 54.7 Å². The van der Waals surface area contributed by atoms with E-state index in [9.17, 15) is 9.90 Å². The third kappa shape index (κ3) is 6.08. The molecule has 0 aliphatic carbocycles. The molecule has 2 aromatic rings. The Hall–Kier alpha value is -2.37. The van der Waals surface area contributed by atoms with Gasteiger partial charge < -0.3 is 20.2 Å². The quantitative estimate of drug-likeness (QED) is 0.752. The average Bonchev–Trinajstić information content (AvgIpc) is 2.64. The van der Waals surface area contributed by atoms with E-state index in [1.807, 2.05) is 45.3 Å². The zero-order valence-corrected chi connectivity index (χ0v) is 16.8. The largest absolute Gasteiger partial charge is 0.395 e. The number of aryl methyl sites for hydroxylation is 2. The van der Waals surface area contributed by atoms with Gasteiger partial charge in [0.25, 0.3) is 0 Å². The zero-order chi connectivity index (χ0) is 19.8. The Balaban J connectivity index is 2.04. The molecule has 146 valence electrons. The molecule has 1 atom stereocenters. The molecule has 0 radical (unpaired) electrons. The lowest BCUT2D eigenvalue weighted by molar-refractivity contribution is 0.170. The number of rotatable bonds is 8. The van der Waals surface area contributed by atoms with Crippen molar-refractivity contribution < 1.29 is 9.90 Å². The van der Waals surface area contributed by atoms with Gasteiger partial charge in [0.15, 0.2) is 0 Å². The Labute approximate surface area is 162 Å². The topological polar surface area (TPSA) is 55.8 Å². The number of urea groups is 1. The summed E-state index contributed by atoms with van der Waals surface area (Å²) in [7, 11) is 4.02. The number of aliphatic hydroxyl groups excluding tert-OH is 1. The third-order valence-corrected chi connectivity index (χ3v) is 4.81. The minimum absolute atomic E-state index is 0.0611. The minimum atomic E-state index is -0.161. The molecule has 0 spiro atoms. The van der Waals surface area contributed by atoms with Crippen molar-refractivity contribution in [2.45, 2.75) is 26.4 Å². The number of hydrogen-bond acceptors (Lipinski definition) is 3. The first-order valence-corrected chi connectivity index (χ1v) is 9.33. The van der Waals surface area contributed by atoms with Crippen molar-refractivity contribution in [1.29, 1.82) is 0 Å². The number of carbonyl (C=O) groups is 1. The van der Waals surface area contributed by atoms with Crippen molar-refractivity contribution in [3.05, 3.63) is 70.8 Å². The number of carbonyl (C=O) groups excluding carboxylic acids is 1. The van der Waals surface area contributed by atoms with Gasteiger partial charge in [-0.1, -0.05) is 54.1 Å². The zero-order valence-electron chi connectivity index (χ0n) is 16.8. The van der Waals surface area contributed by atoms with E-state index in [-0.39, 0.29) is 18.7 Å². The molecule has 27 heavy (non-hydrogen) atoms. The molecule has 2 aromatic carbocycles. The van der Waals surface area contributed by atoms with Gasteiger partial charge in [-0.25, -0.2) is 4.79 Å². The van der Waals surface area contributed by atoms with Gasteiger partial charge in [-0.05, 0) is 44.6 Å². The Kier molecular flexibility index (Phi) is 7.82. The Morgan fingerprint density at radius 3 is 2.33 bits per heavy atom. The van der Waals surface area contributed by atoms with E-state index in [1.165, 1.54) is 11.1 Å². The number of amides is 2. The molecule has 2 N–H and O–H groups in total. The highest BCUT2D eigenvalue weighted by Gasteiger charge is 2.19. The summed E-state index contributed by atoms with van der Waals surface area (Å²) < 4.78 is 0. The number of aliphatic hydroxyl groups is 1. The molecule has 0 heterocycles. The summed E-state index contributed by atoms with van der Waals surface area (Å²) in [5, 5.41) is 12.4. The maximum absolute atomic E-state index is 12.7. The highest BCUT2D eigenvalue weighted by molar-refractivity contribution is 5.74. The smallest absolute Gasteiger partial charge is 0.317 e. The lowest BCUT2D eigenvalue weighted by Crippen LogP contribution is -2.44. The standard InChI is InChI=1S/C22H31N3O2/c1-17-9-11-19(12-10-17)21(24(3)4)15-23-22(27)25(13-14-26)16-20-8-6-5-7-18(20)2/h5-12,21,26H,13-16H2,1-4H3,(H,23,27)/t21-/m0/s1. The van der Waals surface area contributed by atoms with Gasteiger partial charge in [-0.3, -0.25) is 0 Å². The fourth-order valence-corrected chi connectivity index (χ4v) is 3.05. The summed E-state index contributed by atoms with van der Waals surface area (Å²) in [6.45, 7) is 5.32. The van der Waals surface area contributed by atoms with Crippen molar-refractivity contribution in [1.82, 2.24) is 15.1 Å². The van der Waals surface area contributed by atoms with Gasteiger partial charge in [0.2, 0.25) is 0 Å². The Morgan fingerprint density at radius 1 is 1.07 bits per heavy atom. The summed E-state index contributed by atoms with van der Waals surface area (Å²) in [5.74, 6) is 0. The van der Waals surface area contributed by atoms with Crippen LogP contribution in [0.1, 0.15) is 28.3 Å². The molecule has 5 heteroatoms. The van der Waals surface area contributed by atoms with Gasteiger partial charge in [0.1, 0.15) is 0 Å². The molecule has 0 aliphatic heterocycles. The first-order valence-electron chi connectivity index (χ1n) is 9.33. The molecule has 0 aliphatic rings. The Bertz CT molecular complexity index is 729. The summed E-state index contributed by atoms with van der Waals surface area (Å²) in [6.07, 6.45) is 0. The van der Waals surface area contributed by atoms with E-state index < -0.39 is 0 Å². The molecule has 0 fully saturated rings. The van der Waals surface area contributed by atoms with Crippen LogP contribution in [0, 0.1) is 13.8 Å². The second-order valence-corrected chi connectivity index (χ2v) is 7.15. The van der Waals surface area contributed by atoms with Crippen LogP contribution in [0.3, 0.4) is 0 Å². The lowest BCUT2D eigenvalue weighted by atomic mass is 10.0. The number of benzene rings is 2. The first kappa shape index (κ1) is 20.9. The molecule has 0 bridgehead atoms. The van der Waals surface area contributed by atoms with E-state index in [2.05, 4.69) is 41.4 Å². The fraction of sp³-hybridized carbons (Fsp3) is 0.409. The molecule has 2 rings (SSSR count). The van der Waals surface area contributed by atoms with Crippen molar-refractivity contribution >= 4 is 6.03 Å². The number of nitrogens with zero attached hydrogens (tertiary/aromatic N) is 2. The number of hydrogen-bond donors (Lipinski definition) is 2. The van der Waals surface area contributed by atoms with Gasteiger partial charge >= 0.3 is 6.03 Å². The second-order valence-electron chi connectivity index (χ2n) is 7.15. The normalized spacial score (nSPS) is 12.1. The van der Waals surface area contributed by atoms with E-state index in [4.69, 9.17) is 0 Å². The number of likely N-dealkylation sites (N-methyl/N-ethyl adjacent to an activating group) is 1. The van der Waals surface area contributed by atoms with Crippen LogP contribution in [-0.2, 0) is 6.54 Å². The van der Waals surface area contributed by atoms with Crippen molar-refractivity contribution in [3.8, 4) is 0 Å². The van der Waals surface area contributed by atoms with Crippen molar-refractivity contribution in [2.24, 2.45) is 0 Å². The lowest BCUT2D eigenvalue weighted by Gasteiger charge is -2.28. The maximum Gasteiger partial charge on any atom is 0.317 e. The fourth-order valence-electron chi connectivity index (χ4n) is 3.05. The van der Waals surface area contributed by atoms with Crippen LogP contribution in [0.15, 0.2) is 48.5 Å². The monoisotopic (exact) mass is 369 g/mol. The molecule has 0 aromatic heterocycles. The van der Waals surface area contributed by atoms with Gasteiger partial charge in [-0.2, -0.15) is 0 Å². The molecule has 2 amide bonds. The highest BCUT2D eigenvalue weighted by atomic mass is 16.3.